The lowest BCUT2D eigenvalue weighted by atomic mass is 9.96. The highest BCUT2D eigenvalue weighted by molar-refractivity contribution is 7.16. The molecule has 5 heteroatoms. The monoisotopic (exact) mass is 306 g/mol. The predicted molar refractivity (Wildman–Crippen MR) is 83.7 cm³/mol. The van der Waals surface area contributed by atoms with Crippen LogP contribution in [0.15, 0.2) is 23.2 Å². The summed E-state index contributed by atoms with van der Waals surface area (Å²) in [6, 6.07) is 5.62. The smallest absolute Gasteiger partial charge is 0.253 e. The number of benzene rings is 1. The van der Waals surface area contributed by atoms with Crippen LogP contribution >= 0.6 is 22.9 Å². The maximum absolute atomic E-state index is 12.1. The van der Waals surface area contributed by atoms with Crippen molar-refractivity contribution in [1.29, 1.82) is 0 Å². The number of rotatable bonds is 1. The molecule has 0 bridgehead atoms. The van der Waals surface area contributed by atoms with Crippen LogP contribution in [0, 0.1) is 17.8 Å². The summed E-state index contributed by atoms with van der Waals surface area (Å²) in [5, 5.41) is 0.610. The van der Waals surface area contributed by atoms with E-state index in [0.717, 1.165) is 10.2 Å². The number of terminal acetylenes is 1. The van der Waals surface area contributed by atoms with Gasteiger partial charge in [0.05, 0.1) is 21.8 Å². The van der Waals surface area contributed by atoms with Crippen LogP contribution in [0.4, 0.5) is 0 Å². The molecule has 0 fully saturated rings. The second-order valence-corrected chi connectivity index (χ2v) is 6.84. The Bertz CT molecular complexity index is 772. The molecule has 0 spiro atoms. The van der Waals surface area contributed by atoms with Gasteiger partial charge in [-0.05, 0) is 12.1 Å². The highest BCUT2D eigenvalue weighted by Gasteiger charge is 2.21. The van der Waals surface area contributed by atoms with E-state index in [4.69, 9.17) is 18.0 Å². The second-order valence-electron chi connectivity index (χ2n) is 5.43. The van der Waals surface area contributed by atoms with Crippen molar-refractivity contribution in [1.82, 2.24) is 4.57 Å². The fourth-order valence-corrected chi connectivity index (χ4v) is 3.05. The lowest BCUT2D eigenvalue weighted by Gasteiger charge is -2.11. The number of nitrogens with zero attached hydrogens (tertiary/aromatic N) is 2. The molecule has 20 heavy (non-hydrogen) atoms. The molecule has 2 rings (SSSR count). The van der Waals surface area contributed by atoms with Crippen molar-refractivity contribution in [3.8, 4) is 12.3 Å². The number of hydrogen-bond acceptors (Lipinski definition) is 2. The Balaban J connectivity index is 2.74. The average Bonchev–Trinajstić information content (AvgIpc) is 2.68. The van der Waals surface area contributed by atoms with E-state index in [1.165, 1.54) is 11.3 Å². The number of hydrogen-bond donors (Lipinski definition) is 0. The van der Waals surface area contributed by atoms with Gasteiger partial charge in [-0.2, -0.15) is 4.99 Å². The third kappa shape index (κ3) is 2.79. The van der Waals surface area contributed by atoms with Gasteiger partial charge in [0.15, 0.2) is 4.80 Å². The van der Waals surface area contributed by atoms with Gasteiger partial charge in [0.25, 0.3) is 5.91 Å². The zero-order valence-corrected chi connectivity index (χ0v) is 13.2. The summed E-state index contributed by atoms with van der Waals surface area (Å²) in [6.07, 6.45) is 5.41. The van der Waals surface area contributed by atoms with E-state index in [2.05, 4.69) is 10.9 Å². The Hall–Kier alpha value is -1.57. The van der Waals surface area contributed by atoms with Crippen LogP contribution in [0.25, 0.3) is 10.2 Å². The Labute approximate surface area is 126 Å². The summed E-state index contributed by atoms with van der Waals surface area (Å²) in [5.74, 6) is 2.41. The fourth-order valence-electron chi connectivity index (χ4n) is 1.66. The number of thiazole rings is 1. The summed E-state index contributed by atoms with van der Waals surface area (Å²) in [4.78, 5) is 16.9. The highest BCUT2D eigenvalue weighted by atomic mass is 35.5. The summed E-state index contributed by atoms with van der Waals surface area (Å²) in [7, 11) is 0. The summed E-state index contributed by atoms with van der Waals surface area (Å²) in [6.45, 7) is 5.85. The van der Waals surface area contributed by atoms with Gasteiger partial charge in [0, 0.05) is 5.41 Å². The van der Waals surface area contributed by atoms with Gasteiger partial charge in [0.2, 0.25) is 0 Å². The van der Waals surface area contributed by atoms with Crippen molar-refractivity contribution < 1.29 is 4.79 Å². The van der Waals surface area contributed by atoms with E-state index in [0.29, 0.717) is 16.4 Å². The SMILES string of the molecule is C#CCn1c(=NC(=O)C(C)(C)C)sc2cccc(Cl)c21. The molecule has 0 aliphatic carbocycles. The van der Waals surface area contributed by atoms with Crippen LogP contribution in [0.5, 0.6) is 0 Å². The lowest BCUT2D eigenvalue weighted by Crippen LogP contribution is -2.23. The van der Waals surface area contributed by atoms with Crippen LogP contribution in [0.3, 0.4) is 0 Å². The average molecular weight is 307 g/mol. The van der Waals surface area contributed by atoms with Gasteiger partial charge in [-0.3, -0.25) is 4.79 Å². The summed E-state index contributed by atoms with van der Waals surface area (Å²) >= 11 is 7.65. The van der Waals surface area contributed by atoms with Gasteiger partial charge >= 0.3 is 0 Å². The number of amides is 1. The van der Waals surface area contributed by atoms with Crippen LogP contribution < -0.4 is 4.80 Å². The van der Waals surface area contributed by atoms with E-state index < -0.39 is 5.41 Å². The standard InChI is InChI=1S/C15H15ClN2OS/c1-5-9-18-12-10(16)7-6-8-11(12)20-14(18)17-13(19)15(2,3)4/h1,6-8H,9H2,2-4H3. The molecule has 1 aromatic carbocycles. The number of fused-ring (bicyclic) bond motifs is 1. The largest absolute Gasteiger partial charge is 0.303 e. The molecule has 0 unspecified atom stereocenters. The van der Waals surface area contributed by atoms with Crippen LogP contribution in [-0.2, 0) is 11.3 Å². The van der Waals surface area contributed by atoms with Crippen molar-refractivity contribution in [3.63, 3.8) is 0 Å². The molecule has 0 aliphatic rings. The third-order valence-corrected chi connectivity index (χ3v) is 4.09. The zero-order chi connectivity index (χ0) is 14.9. The van der Waals surface area contributed by atoms with Crippen LogP contribution in [0.1, 0.15) is 20.8 Å². The van der Waals surface area contributed by atoms with Gasteiger partial charge in [-0.25, -0.2) is 0 Å². The number of carbonyl (C=O) groups is 1. The molecule has 0 saturated carbocycles. The minimum atomic E-state index is -0.520. The third-order valence-electron chi connectivity index (χ3n) is 2.74. The lowest BCUT2D eigenvalue weighted by molar-refractivity contribution is -0.125. The molecule has 1 heterocycles. The Morgan fingerprint density at radius 1 is 1.50 bits per heavy atom. The first-order chi connectivity index (χ1) is 9.34. The molecule has 104 valence electrons. The topological polar surface area (TPSA) is 34.4 Å². The first-order valence-corrected chi connectivity index (χ1v) is 7.34. The number of para-hydroxylation sites is 1. The van der Waals surface area contributed by atoms with E-state index in [-0.39, 0.29) is 5.91 Å². The van der Waals surface area contributed by atoms with Crippen LogP contribution in [0.2, 0.25) is 5.02 Å². The Morgan fingerprint density at radius 2 is 2.20 bits per heavy atom. The number of halogens is 1. The molecule has 1 amide bonds. The molecule has 3 nitrogen and oxygen atoms in total. The molecule has 1 aromatic heterocycles. The van der Waals surface area contributed by atoms with Crippen molar-refractivity contribution in [2.45, 2.75) is 27.3 Å². The van der Waals surface area contributed by atoms with Crippen LogP contribution in [-0.4, -0.2) is 10.5 Å². The number of aromatic nitrogens is 1. The minimum Gasteiger partial charge on any atom is -0.303 e. The highest BCUT2D eigenvalue weighted by Crippen LogP contribution is 2.25. The minimum absolute atomic E-state index is 0.175. The molecule has 0 radical (unpaired) electrons. The number of carbonyl (C=O) groups excluding carboxylic acids is 1. The maximum Gasteiger partial charge on any atom is 0.253 e. The molecule has 0 saturated heterocycles. The first-order valence-electron chi connectivity index (χ1n) is 6.15. The second kappa shape index (κ2) is 5.43. The van der Waals surface area contributed by atoms with Crippen molar-refractivity contribution in [2.24, 2.45) is 10.4 Å². The maximum atomic E-state index is 12.1. The van der Waals surface area contributed by atoms with E-state index in [1.807, 2.05) is 37.5 Å². The van der Waals surface area contributed by atoms with Gasteiger partial charge in [-0.1, -0.05) is 55.7 Å². The van der Waals surface area contributed by atoms with E-state index in [1.54, 1.807) is 6.07 Å². The normalized spacial score (nSPS) is 12.7. The predicted octanol–water partition coefficient (Wildman–Crippen LogP) is 3.46. The van der Waals surface area contributed by atoms with Gasteiger partial charge in [-0.15, -0.1) is 6.42 Å². The van der Waals surface area contributed by atoms with Gasteiger partial charge in [0.1, 0.15) is 0 Å². The molecule has 0 N–H and O–H groups in total. The zero-order valence-electron chi connectivity index (χ0n) is 11.6. The van der Waals surface area contributed by atoms with Crippen molar-refractivity contribution in [3.05, 3.63) is 28.0 Å². The molecular weight excluding hydrogens is 292 g/mol. The fraction of sp³-hybridized carbons (Fsp3) is 0.333. The Morgan fingerprint density at radius 3 is 2.80 bits per heavy atom. The van der Waals surface area contributed by atoms with Crippen molar-refractivity contribution >= 4 is 39.1 Å². The molecule has 0 aliphatic heterocycles. The molecule has 2 aromatic rings. The summed E-state index contributed by atoms with van der Waals surface area (Å²) in [5.41, 5.74) is 0.311. The van der Waals surface area contributed by atoms with Crippen molar-refractivity contribution in [2.75, 3.05) is 0 Å². The van der Waals surface area contributed by atoms with E-state index in [9.17, 15) is 4.79 Å². The molecule has 0 atom stereocenters. The van der Waals surface area contributed by atoms with Gasteiger partial charge < -0.3 is 4.57 Å². The Kier molecular flexibility index (Phi) is 4.03. The molecular formula is C15H15ClN2OS. The first kappa shape index (κ1) is 14.8. The van der Waals surface area contributed by atoms with E-state index >= 15 is 0 Å². The summed E-state index contributed by atoms with van der Waals surface area (Å²) < 4.78 is 2.78. The quantitative estimate of drug-likeness (QED) is 0.743.